The summed E-state index contributed by atoms with van der Waals surface area (Å²) in [6.45, 7) is 10.9. The highest BCUT2D eigenvalue weighted by atomic mass is 28.4. The minimum absolute atomic E-state index is 0.276. The second kappa shape index (κ2) is 6.99. The van der Waals surface area contributed by atoms with Crippen molar-refractivity contribution < 1.29 is 13.9 Å². The van der Waals surface area contributed by atoms with Gasteiger partial charge < -0.3 is 19.2 Å². The fourth-order valence-corrected chi connectivity index (χ4v) is 5.98. The highest BCUT2D eigenvalue weighted by Crippen LogP contribution is 2.37. The molecule has 0 fully saturated rings. The van der Waals surface area contributed by atoms with Crippen LogP contribution in [0.3, 0.4) is 0 Å². The molecule has 0 atom stereocenters. The Morgan fingerprint density at radius 3 is 2.75 bits per heavy atom. The molecule has 0 bridgehead atoms. The van der Waals surface area contributed by atoms with Crippen LogP contribution in [0.25, 0.3) is 10.9 Å². The average Bonchev–Trinajstić information content (AvgIpc) is 2.95. The van der Waals surface area contributed by atoms with E-state index in [4.69, 9.17) is 13.9 Å². The Morgan fingerprint density at radius 1 is 1.25 bits per heavy atom. The summed E-state index contributed by atoms with van der Waals surface area (Å²) in [5.74, 6) is 2.23. The minimum Gasteiger partial charge on any atom is -0.454 e. The first-order valence-electron chi connectivity index (χ1n) is 8.51. The first-order chi connectivity index (χ1) is 11.4. The summed E-state index contributed by atoms with van der Waals surface area (Å²) in [4.78, 5) is 4.42. The van der Waals surface area contributed by atoms with Gasteiger partial charge in [-0.3, -0.25) is 4.98 Å². The van der Waals surface area contributed by atoms with E-state index < -0.39 is 8.32 Å². The lowest BCUT2D eigenvalue weighted by atomic mass is 10.1. The molecule has 2 aromatic rings. The van der Waals surface area contributed by atoms with Crippen molar-refractivity contribution in [3.05, 3.63) is 24.4 Å². The van der Waals surface area contributed by atoms with Gasteiger partial charge in [0.05, 0.1) is 12.1 Å². The van der Waals surface area contributed by atoms with Gasteiger partial charge in [-0.2, -0.15) is 0 Å². The van der Waals surface area contributed by atoms with Crippen LogP contribution >= 0.6 is 0 Å². The molecule has 24 heavy (non-hydrogen) atoms. The zero-order valence-corrected chi connectivity index (χ0v) is 15.9. The van der Waals surface area contributed by atoms with Crippen LogP contribution in [-0.4, -0.2) is 33.2 Å². The average molecular weight is 347 g/mol. The predicted octanol–water partition coefficient (Wildman–Crippen LogP) is 4.25. The molecule has 3 rings (SSSR count). The smallest absolute Gasteiger partial charge is 0.231 e. The molecule has 5 nitrogen and oxygen atoms in total. The molecule has 0 amide bonds. The van der Waals surface area contributed by atoms with Crippen molar-refractivity contribution in [1.29, 1.82) is 0 Å². The minimum atomic E-state index is -1.56. The van der Waals surface area contributed by atoms with Crippen LogP contribution in [0.2, 0.25) is 19.1 Å². The quantitative estimate of drug-likeness (QED) is 0.600. The van der Waals surface area contributed by atoms with Crippen LogP contribution in [0.4, 0.5) is 5.69 Å². The third kappa shape index (κ3) is 3.99. The van der Waals surface area contributed by atoms with Crippen molar-refractivity contribution in [2.75, 3.05) is 25.3 Å². The number of rotatable bonds is 7. The van der Waals surface area contributed by atoms with Gasteiger partial charge >= 0.3 is 0 Å². The summed E-state index contributed by atoms with van der Waals surface area (Å²) in [5.41, 5.74) is 1.95. The lowest BCUT2D eigenvalue weighted by Gasteiger charge is -2.25. The van der Waals surface area contributed by atoms with Gasteiger partial charge in [0, 0.05) is 29.9 Å². The van der Waals surface area contributed by atoms with Crippen molar-refractivity contribution in [3.8, 4) is 11.5 Å². The maximum Gasteiger partial charge on any atom is 0.231 e. The number of nitrogens with one attached hydrogen (secondary N) is 1. The number of aromatic nitrogens is 1. The Morgan fingerprint density at radius 2 is 2.00 bits per heavy atom. The number of anilines is 1. The number of hydrogen-bond donors (Lipinski definition) is 1. The van der Waals surface area contributed by atoms with Crippen LogP contribution in [0.15, 0.2) is 24.4 Å². The standard InChI is InChI=1S/C18H26N2O3Si/c1-13(2)11-24(3,4)23-8-7-20-15-5-6-19-16-10-18-17(9-14(15)16)21-12-22-18/h5-6,9-10,13H,7-8,11-12H2,1-4H3,(H,19,20). The fourth-order valence-electron chi connectivity index (χ4n) is 3.24. The molecule has 0 spiro atoms. The molecule has 0 saturated heterocycles. The van der Waals surface area contributed by atoms with Gasteiger partial charge in [-0.05, 0) is 37.2 Å². The molecule has 130 valence electrons. The van der Waals surface area contributed by atoms with E-state index in [1.165, 1.54) is 6.04 Å². The monoisotopic (exact) mass is 346 g/mol. The summed E-state index contributed by atoms with van der Waals surface area (Å²) in [6, 6.07) is 7.10. The topological polar surface area (TPSA) is 52.6 Å². The van der Waals surface area contributed by atoms with E-state index in [2.05, 4.69) is 37.2 Å². The molecule has 0 saturated carbocycles. The maximum atomic E-state index is 6.16. The molecule has 1 N–H and O–H groups in total. The number of ether oxygens (including phenoxy) is 2. The SMILES string of the molecule is CC(C)C[Si](C)(C)OCCNc1ccnc2cc3c(cc12)OCO3. The number of benzene rings is 1. The van der Waals surface area contributed by atoms with E-state index in [0.717, 1.165) is 41.2 Å². The van der Waals surface area contributed by atoms with Crippen molar-refractivity contribution in [1.82, 2.24) is 4.98 Å². The highest BCUT2D eigenvalue weighted by Gasteiger charge is 2.23. The maximum absolute atomic E-state index is 6.16. The van der Waals surface area contributed by atoms with E-state index in [-0.39, 0.29) is 6.79 Å². The molecule has 0 aliphatic carbocycles. The third-order valence-electron chi connectivity index (χ3n) is 4.05. The fraction of sp³-hybridized carbons (Fsp3) is 0.500. The molecule has 6 heteroatoms. The summed E-state index contributed by atoms with van der Waals surface area (Å²) in [7, 11) is -1.56. The summed E-state index contributed by atoms with van der Waals surface area (Å²) in [5, 5.41) is 4.51. The summed E-state index contributed by atoms with van der Waals surface area (Å²) in [6.07, 6.45) is 1.81. The number of nitrogens with zero attached hydrogens (tertiary/aromatic N) is 1. The van der Waals surface area contributed by atoms with Gasteiger partial charge in [0.15, 0.2) is 19.8 Å². The summed E-state index contributed by atoms with van der Waals surface area (Å²) >= 11 is 0. The van der Waals surface area contributed by atoms with Crippen LogP contribution < -0.4 is 14.8 Å². The molecule has 1 aliphatic rings. The Labute approximate surface area is 144 Å². The molecular weight excluding hydrogens is 320 g/mol. The van der Waals surface area contributed by atoms with Gasteiger partial charge in [0.25, 0.3) is 0 Å². The molecular formula is C18H26N2O3Si. The first kappa shape index (κ1) is 17.0. The van der Waals surface area contributed by atoms with E-state index in [0.29, 0.717) is 5.92 Å². The van der Waals surface area contributed by atoms with E-state index in [9.17, 15) is 0 Å². The van der Waals surface area contributed by atoms with Crippen molar-refractivity contribution >= 4 is 24.9 Å². The largest absolute Gasteiger partial charge is 0.454 e. The Kier molecular flexibility index (Phi) is 4.96. The normalized spacial score (nSPS) is 13.7. The van der Waals surface area contributed by atoms with Crippen LogP contribution in [-0.2, 0) is 4.43 Å². The van der Waals surface area contributed by atoms with Gasteiger partial charge in [0.2, 0.25) is 6.79 Å². The van der Waals surface area contributed by atoms with Crippen LogP contribution in [0.1, 0.15) is 13.8 Å². The first-order valence-corrected chi connectivity index (χ1v) is 11.6. The van der Waals surface area contributed by atoms with Crippen molar-refractivity contribution in [3.63, 3.8) is 0 Å². The molecule has 1 aliphatic heterocycles. The van der Waals surface area contributed by atoms with Gasteiger partial charge in [0.1, 0.15) is 0 Å². The molecule has 0 unspecified atom stereocenters. The molecule has 1 aromatic carbocycles. The predicted molar refractivity (Wildman–Crippen MR) is 99.4 cm³/mol. The lowest BCUT2D eigenvalue weighted by Crippen LogP contribution is -2.33. The molecule has 0 radical (unpaired) electrons. The van der Waals surface area contributed by atoms with Crippen molar-refractivity contribution in [2.24, 2.45) is 5.92 Å². The Balaban J connectivity index is 1.63. The zero-order chi connectivity index (χ0) is 17.2. The number of fused-ring (bicyclic) bond motifs is 2. The Bertz CT molecular complexity index is 719. The lowest BCUT2D eigenvalue weighted by molar-refractivity contribution is 0.174. The Hall–Kier alpha value is -1.79. The van der Waals surface area contributed by atoms with Crippen LogP contribution in [0.5, 0.6) is 11.5 Å². The van der Waals surface area contributed by atoms with Crippen LogP contribution in [0, 0.1) is 5.92 Å². The van der Waals surface area contributed by atoms with Gasteiger partial charge in [-0.1, -0.05) is 13.8 Å². The van der Waals surface area contributed by atoms with E-state index in [1.807, 2.05) is 24.4 Å². The zero-order valence-electron chi connectivity index (χ0n) is 14.9. The van der Waals surface area contributed by atoms with E-state index >= 15 is 0 Å². The summed E-state index contributed by atoms with van der Waals surface area (Å²) < 4.78 is 17.1. The molecule has 1 aromatic heterocycles. The van der Waals surface area contributed by atoms with E-state index in [1.54, 1.807) is 0 Å². The number of hydrogen-bond acceptors (Lipinski definition) is 5. The van der Waals surface area contributed by atoms with Crippen molar-refractivity contribution in [2.45, 2.75) is 33.0 Å². The second-order valence-electron chi connectivity index (χ2n) is 7.21. The van der Waals surface area contributed by atoms with Gasteiger partial charge in [-0.15, -0.1) is 0 Å². The third-order valence-corrected chi connectivity index (χ3v) is 6.83. The highest BCUT2D eigenvalue weighted by molar-refractivity contribution is 6.71. The second-order valence-corrected chi connectivity index (χ2v) is 11.4. The molecule has 2 heterocycles. The van der Waals surface area contributed by atoms with Gasteiger partial charge in [-0.25, -0.2) is 0 Å². The number of pyridine rings is 1.